The van der Waals surface area contributed by atoms with Crippen molar-refractivity contribution in [2.45, 2.75) is 128 Å². The van der Waals surface area contributed by atoms with Crippen LogP contribution in [-0.2, 0) is 11.2 Å². The summed E-state index contributed by atoms with van der Waals surface area (Å²) in [6.07, 6.45) is 20.6. The van der Waals surface area contributed by atoms with Gasteiger partial charge in [0.1, 0.15) is 23.4 Å². The van der Waals surface area contributed by atoms with E-state index in [2.05, 4.69) is 6.92 Å². The fraction of sp³-hybridized carbons (Fsp3) is 0.636. The van der Waals surface area contributed by atoms with Crippen molar-refractivity contribution in [3.05, 3.63) is 41.5 Å². The number of rotatable bonds is 19. The monoisotopic (exact) mass is 542 g/mol. The molecule has 39 heavy (non-hydrogen) atoms. The number of unbranched alkanes of at least 4 members (excludes halogenated alkanes) is 15. The summed E-state index contributed by atoms with van der Waals surface area (Å²) in [7, 11) is 0. The average molecular weight is 543 g/mol. The molecule has 0 saturated carbocycles. The zero-order chi connectivity index (χ0) is 27.9. The Bertz CT molecular complexity index is 975. The van der Waals surface area contributed by atoms with Crippen LogP contribution in [-0.4, -0.2) is 33.1 Å². The number of ether oxygens (including phenoxy) is 2. The van der Waals surface area contributed by atoms with E-state index in [0.29, 0.717) is 29.9 Å². The molecule has 0 fully saturated rings. The Morgan fingerprint density at radius 1 is 0.667 bits per heavy atom. The van der Waals surface area contributed by atoms with Gasteiger partial charge in [0.25, 0.3) is 0 Å². The van der Waals surface area contributed by atoms with Crippen LogP contribution >= 0.6 is 0 Å². The van der Waals surface area contributed by atoms with Gasteiger partial charge in [-0.2, -0.15) is 0 Å². The fourth-order valence-electron chi connectivity index (χ4n) is 5.48. The molecule has 218 valence electrons. The molecule has 0 spiro atoms. The molecule has 0 amide bonds. The molecule has 0 radical (unpaired) electrons. The largest absolute Gasteiger partial charge is 0.508 e. The van der Waals surface area contributed by atoms with Gasteiger partial charge in [0.15, 0.2) is 17.6 Å². The first kappa shape index (κ1) is 30.9. The minimum absolute atomic E-state index is 0.0204. The minimum Gasteiger partial charge on any atom is -0.508 e. The molecule has 6 heteroatoms. The van der Waals surface area contributed by atoms with Gasteiger partial charge >= 0.3 is 0 Å². The Balaban J connectivity index is 1.32. The van der Waals surface area contributed by atoms with E-state index in [4.69, 9.17) is 9.47 Å². The van der Waals surface area contributed by atoms with E-state index >= 15 is 0 Å². The second-order valence-corrected chi connectivity index (χ2v) is 11.1. The normalized spacial score (nSPS) is 16.6. The summed E-state index contributed by atoms with van der Waals surface area (Å²) >= 11 is 0. The van der Waals surface area contributed by atoms with Crippen molar-refractivity contribution in [1.82, 2.24) is 0 Å². The van der Waals surface area contributed by atoms with Gasteiger partial charge < -0.3 is 29.9 Å². The number of phenols is 4. The number of aromatic hydroxyl groups is 4. The molecule has 2 unspecified atom stereocenters. The summed E-state index contributed by atoms with van der Waals surface area (Å²) in [5.41, 5.74) is 1.26. The van der Waals surface area contributed by atoms with E-state index in [9.17, 15) is 20.4 Å². The number of hydrogen-bond acceptors (Lipinski definition) is 6. The highest BCUT2D eigenvalue weighted by Crippen LogP contribution is 2.43. The van der Waals surface area contributed by atoms with Gasteiger partial charge in [-0.05, 0) is 24.1 Å². The lowest BCUT2D eigenvalue weighted by atomic mass is 9.93. The molecule has 0 aromatic heterocycles. The van der Waals surface area contributed by atoms with Gasteiger partial charge in [0.2, 0.25) is 0 Å². The molecular weight excluding hydrogens is 492 g/mol. The third-order valence-corrected chi connectivity index (χ3v) is 7.82. The van der Waals surface area contributed by atoms with Crippen molar-refractivity contribution in [2.75, 3.05) is 6.61 Å². The Labute approximate surface area is 235 Å². The van der Waals surface area contributed by atoms with Crippen LogP contribution in [0.1, 0.15) is 127 Å². The second kappa shape index (κ2) is 17.2. The predicted octanol–water partition coefficient (Wildman–Crippen LogP) is 8.83. The number of benzene rings is 2. The molecule has 0 saturated heterocycles. The molecule has 2 atom stereocenters. The van der Waals surface area contributed by atoms with Gasteiger partial charge in [-0.3, -0.25) is 0 Å². The van der Waals surface area contributed by atoms with Crippen molar-refractivity contribution in [1.29, 1.82) is 0 Å². The molecular formula is C33H50O6. The van der Waals surface area contributed by atoms with Crippen LogP contribution in [0.25, 0.3) is 0 Å². The maximum absolute atomic E-state index is 10.3. The lowest BCUT2D eigenvalue weighted by Gasteiger charge is -2.34. The van der Waals surface area contributed by atoms with Crippen molar-refractivity contribution in [3.8, 4) is 28.7 Å². The highest BCUT2D eigenvalue weighted by atomic mass is 16.5. The first-order chi connectivity index (χ1) is 19.0. The molecule has 1 aliphatic rings. The van der Waals surface area contributed by atoms with Crippen molar-refractivity contribution in [2.24, 2.45) is 0 Å². The number of hydrogen-bond donors (Lipinski definition) is 4. The molecule has 1 aliphatic heterocycles. The SMILES string of the molecule is CCCCCCCCCCCCCCCCCCOC1Cc2c(O)cc(O)cc2OC1c1ccc(O)c(O)c1. The van der Waals surface area contributed by atoms with Crippen molar-refractivity contribution < 1.29 is 29.9 Å². The second-order valence-electron chi connectivity index (χ2n) is 11.1. The number of phenolic OH excluding ortho intramolecular Hbond substituents is 4. The predicted molar refractivity (Wildman–Crippen MR) is 156 cm³/mol. The summed E-state index contributed by atoms with van der Waals surface area (Å²) in [6, 6.07) is 7.38. The lowest BCUT2D eigenvalue weighted by Crippen LogP contribution is -2.33. The maximum atomic E-state index is 10.3. The summed E-state index contributed by atoms with van der Waals surface area (Å²) in [6.45, 7) is 2.86. The maximum Gasteiger partial charge on any atom is 0.157 e. The topological polar surface area (TPSA) is 99.4 Å². The zero-order valence-corrected chi connectivity index (χ0v) is 23.9. The summed E-state index contributed by atoms with van der Waals surface area (Å²) in [5, 5.41) is 40.0. The third-order valence-electron chi connectivity index (χ3n) is 7.82. The first-order valence-electron chi connectivity index (χ1n) is 15.3. The summed E-state index contributed by atoms with van der Waals surface area (Å²) < 4.78 is 12.4. The Hall–Kier alpha value is -2.60. The van der Waals surface area contributed by atoms with Crippen LogP contribution in [0.3, 0.4) is 0 Å². The van der Waals surface area contributed by atoms with Gasteiger partial charge in [0.05, 0.1) is 0 Å². The van der Waals surface area contributed by atoms with Crippen LogP contribution in [0.4, 0.5) is 0 Å². The Kier molecular flexibility index (Phi) is 13.6. The van der Waals surface area contributed by atoms with Gasteiger partial charge in [-0.1, -0.05) is 109 Å². The number of fused-ring (bicyclic) bond motifs is 1. The molecule has 2 aromatic rings. The summed E-state index contributed by atoms with van der Waals surface area (Å²) in [5.74, 6) is -0.125. The van der Waals surface area contributed by atoms with Crippen LogP contribution in [0, 0.1) is 0 Å². The van der Waals surface area contributed by atoms with Crippen LogP contribution in [0.5, 0.6) is 28.7 Å². The smallest absolute Gasteiger partial charge is 0.157 e. The van der Waals surface area contributed by atoms with Gasteiger partial charge in [-0.15, -0.1) is 0 Å². The quantitative estimate of drug-likeness (QED) is 0.105. The molecule has 1 heterocycles. The summed E-state index contributed by atoms with van der Waals surface area (Å²) in [4.78, 5) is 0. The van der Waals surface area contributed by atoms with Crippen molar-refractivity contribution in [3.63, 3.8) is 0 Å². The highest BCUT2D eigenvalue weighted by molar-refractivity contribution is 5.52. The highest BCUT2D eigenvalue weighted by Gasteiger charge is 2.34. The zero-order valence-electron chi connectivity index (χ0n) is 23.9. The van der Waals surface area contributed by atoms with E-state index in [1.807, 2.05) is 0 Å². The van der Waals surface area contributed by atoms with Crippen molar-refractivity contribution >= 4 is 0 Å². The van der Waals surface area contributed by atoms with Crippen LogP contribution in [0.2, 0.25) is 0 Å². The molecule has 6 nitrogen and oxygen atoms in total. The van der Waals surface area contributed by atoms with E-state index in [0.717, 1.165) is 12.8 Å². The molecule has 2 aromatic carbocycles. The molecule has 0 bridgehead atoms. The van der Waals surface area contributed by atoms with Gasteiger partial charge in [-0.25, -0.2) is 0 Å². The van der Waals surface area contributed by atoms with Crippen LogP contribution in [0.15, 0.2) is 30.3 Å². The minimum atomic E-state index is -0.536. The lowest BCUT2D eigenvalue weighted by molar-refractivity contribution is -0.0393. The molecule has 3 rings (SSSR count). The average Bonchev–Trinajstić information content (AvgIpc) is 2.91. The van der Waals surface area contributed by atoms with E-state index < -0.39 is 6.10 Å². The standard InChI is InChI=1S/C33H50O6/c1-2-3-4-5-6-7-8-9-10-11-12-13-14-15-16-17-20-38-32-24-27-29(36)22-26(34)23-31(27)39-33(32)25-18-19-28(35)30(37)21-25/h18-19,21-23,32-37H,2-17,20,24H2,1H3. The molecule has 0 aliphatic carbocycles. The Morgan fingerprint density at radius 2 is 1.23 bits per heavy atom. The van der Waals surface area contributed by atoms with E-state index in [1.54, 1.807) is 6.07 Å². The molecule has 4 N–H and O–H groups in total. The third kappa shape index (κ3) is 10.5. The van der Waals surface area contributed by atoms with Gasteiger partial charge in [0, 0.05) is 30.7 Å². The fourth-order valence-corrected chi connectivity index (χ4v) is 5.48. The van der Waals surface area contributed by atoms with E-state index in [1.165, 1.54) is 114 Å². The van der Waals surface area contributed by atoms with E-state index in [-0.39, 0.29) is 29.1 Å². The Morgan fingerprint density at radius 3 is 1.79 bits per heavy atom. The van der Waals surface area contributed by atoms with Crippen LogP contribution < -0.4 is 4.74 Å². The first-order valence-corrected chi connectivity index (χ1v) is 15.3.